The fraction of sp³-hybridized carbons (Fsp3) is 0.885. The molecule has 7 amide bonds. The zero-order chi connectivity index (χ0) is 57.9. The normalized spacial score (nSPS) is 11.2. The van der Waals surface area contributed by atoms with E-state index in [4.69, 9.17) is 18.9 Å². The van der Waals surface area contributed by atoms with E-state index in [1.165, 1.54) is 141 Å². The number of nitrogens with zero attached hydrogens (tertiary/aromatic N) is 1. The van der Waals surface area contributed by atoms with Crippen LogP contribution in [0.25, 0.3) is 0 Å². The number of amides is 7. The highest BCUT2D eigenvalue weighted by atomic mass is 16.5. The molecule has 0 aromatic carbocycles. The predicted octanol–water partition coefficient (Wildman–Crippen LogP) is 9.15. The van der Waals surface area contributed by atoms with Crippen molar-refractivity contribution in [3.63, 3.8) is 0 Å². The highest BCUT2D eigenvalue weighted by Crippen LogP contribution is 2.15. The van der Waals surface area contributed by atoms with Crippen LogP contribution in [0.3, 0.4) is 0 Å². The van der Waals surface area contributed by atoms with Crippen molar-refractivity contribution < 1.29 is 52.5 Å². The van der Waals surface area contributed by atoms with E-state index in [2.05, 4.69) is 45.7 Å². The molecule has 0 saturated carbocycles. The molecular formula is C61H117N7O11. The molecule has 18 nitrogen and oxygen atoms in total. The van der Waals surface area contributed by atoms with Crippen LogP contribution in [-0.2, 0) is 52.5 Å². The lowest BCUT2D eigenvalue weighted by Gasteiger charge is -2.24. The lowest BCUT2D eigenvalue weighted by atomic mass is 10.0. The monoisotopic (exact) mass is 1120 g/mol. The Bertz CT molecular complexity index is 1400. The van der Waals surface area contributed by atoms with E-state index in [-0.39, 0.29) is 139 Å². The molecule has 0 atom stereocenters. The molecule has 0 saturated heterocycles. The summed E-state index contributed by atoms with van der Waals surface area (Å²) < 4.78 is 22.0. The first-order chi connectivity index (χ1) is 38.5. The second kappa shape index (κ2) is 58.8. The quantitative estimate of drug-likeness (QED) is 0.0315. The molecule has 462 valence electrons. The van der Waals surface area contributed by atoms with Gasteiger partial charge in [-0.3, -0.25) is 33.6 Å². The molecule has 6 N–H and O–H groups in total. The highest BCUT2D eigenvalue weighted by molar-refractivity contribution is 5.79. The molecule has 0 unspecified atom stereocenters. The minimum absolute atomic E-state index is 0.0411. The molecule has 0 spiro atoms. The van der Waals surface area contributed by atoms with E-state index >= 15 is 0 Å². The number of rotatable bonds is 60. The molecule has 0 aromatic rings. The second-order valence-electron chi connectivity index (χ2n) is 21.5. The summed E-state index contributed by atoms with van der Waals surface area (Å²) in [4.78, 5) is 88.0. The fourth-order valence-corrected chi connectivity index (χ4v) is 8.76. The van der Waals surface area contributed by atoms with Crippen LogP contribution in [0.5, 0.6) is 0 Å². The van der Waals surface area contributed by atoms with Crippen LogP contribution < -0.4 is 31.9 Å². The maximum Gasteiger partial charge on any atom is 0.222 e. The van der Waals surface area contributed by atoms with Crippen molar-refractivity contribution >= 4 is 41.4 Å². The zero-order valence-corrected chi connectivity index (χ0v) is 50.7. The fourth-order valence-electron chi connectivity index (χ4n) is 8.76. The van der Waals surface area contributed by atoms with Crippen LogP contribution in [0.15, 0.2) is 0 Å². The first-order valence-corrected chi connectivity index (χ1v) is 31.7. The largest absolute Gasteiger partial charge is 0.379 e. The van der Waals surface area contributed by atoms with Crippen molar-refractivity contribution in [3.8, 4) is 0 Å². The van der Waals surface area contributed by atoms with Gasteiger partial charge in [0.25, 0.3) is 0 Å². The van der Waals surface area contributed by atoms with Gasteiger partial charge >= 0.3 is 0 Å². The number of ether oxygens (including phenoxy) is 4. The third kappa shape index (κ3) is 57.2. The summed E-state index contributed by atoms with van der Waals surface area (Å²) in [6.07, 6.45) is 35.2. The summed E-state index contributed by atoms with van der Waals surface area (Å²) in [5, 5.41) is 16.9. The number of unbranched alkanes of at least 4 members (excludes halogenated alkanes) is 24. The highest BCUT2D eigenvalue weighted by Gasteiger charge is 2.16. The van der Waals surface area contributed by atoms with E-state index in [9.17, 15) is 33.6 Å². The van der Waals surface area contributed by atoms with Crippen molar-refractivity contribution in [2.75, 3.05) is 105 Å². The minimum Gasteiger partial charge on any atom is -0.379 e. The maximum atomic E-state index is 12.9. The van der Waals surface area contributed by atoms with Crippen LogP contribution in [0.2, 0.25) is 0 Å². The van der Waals surface area contributed by atoms with Gasteiger partial charge in [-0.25, -0.2) is 0 Å². The Labute approximate surface area is 479 Å². The maximum absolute atomic E-state index is 12.9. The van der Waals surface area contributed by atoms with Crippen LogP contribution >= 0.6 is 0 Å². The van der Waals surface area contributed by atoms with Gasteiger partial charge in [0.15, 0.2) is 0 Å². The summed E-state index contributed by atoms with van der Waals surface area (Å²) in [5.74, 6) is -0.623. The standard InChI is InChI=1S/C61H117N7O11/c1-5-7-9-11-13-15-17-19-21-23-25-27-29-31-55(69)64-39-49-78-47-35-59(73)66-41-51-76-45-33-57(71)62-37-43-68(61(75)53-54(3)4)44-38-63-58(72)34-46-77-52-42-67-60(74)36-48-79-50-40-65-56(70)32-30-28-26-24-22-20-18-16-14-12-10-8-6-2/h54H,5-53H2,1-4H3,(H,62,71)(H,63,72)(H,64,69)(H,65,70)(H,66,73)(H,67,74). The van der Waals surface area contributed by atoms with Crippen molar-refractivity contribution in [2.45, 2.75) is 240 Å². The molecule has 0 rings (SSSR count). The van der Waals surface area contributed by atoms with Gasteiger partial charge in [-0.2, -0.15) is 0 Å². The number of carbonyl (C=O) groups excluding carboxylic acids is 7. The number of nitrogens with one attached hydrogen (secondary N) is 6. The van der Waals surface area contributed by atoms with E-state index in [0.717, 1.165) is 25.7 Å². The van der Waals surface area contributed by atoms with Crippen LogP contribution in [0, 0.1) is 5.92 Å². The molecule has 18 heteroatoms. The first-order valence-electron chi connectivity index (χ1n) is 31.7. The van der Waals surface area contributed by atoms with Gasteiger partial charge < -0.3 is 55.7 Å². The minimum atomic E-state index is -0.224. The molecular weight excluding hydrogens is 1010 g/mol. The lowest BCUT2D eigenvalue weighted by molar-refractivity contribution is -0.133. The predicted molar refractivity (Wildman–Crippen MR) is 316 cm³/mol. The Hall–Kier alpha value is -3.87. The molecule has 0 heterocycles. The van der Waals surface area contributed by atoms with Gasteiger partial charge in [0.1, 0.15) is 0 Å². The molecule has 0 aromatic heterocycles. The van der Waals surface area contributed by atoms with Gasteiger partial charge in [-0.15, -0.1) is 0 Å². The van der Waals surface area contributed by atoms with E-state index in [0.29, 0.717) is 58.7 Å². The number of hydrogen-bond donors (Lipinski definition) is 6. The van der Waals surface area contributed by atoms with Crippen LogP contribution in [0.1, 0.15) is 240 Å². The van der Waals surface area contributed by atoms with Crippen molar-refractivity contribution in [3.05, 3.63) is 0 Å². The third-order valence-corrected chi connectivity index (χ3v) is 13.5. The van der Waals surface area contributed by atoms with Gasteiger partial charge in [-0.05, 0) is 18.8 Å². The smallest absolute Gasteiger partial charge is 0.222 e. The van der Waals surface area contributed by atoms with E-state index in [1.807, 2.05) is 13.8 Å². The van der Waals surface area contributed by atoms with E-state index < -0.39 is 0 Å². The summed E-state index contributed by atoms with van der Waals surface area (Å²) in [6.45, 7) is 13.0. The van der Waals surface area contributed by atoms with Crippen molar-refractivity contribution in [1.82, 2.24) is 36.8 Å². The molecule has 0 bridgehead atoms. The Morgan fingerprint density at radius 3 is 0.785 bits per heavy atom. The Morgan fingerprint density at radius 1 is 0.304 bits per heavy atom. The van der Waals surface area contributed by atoms with Crippen molar-refractivity contribution in [2.24, 2.45) is 5.92 Å². The van der Waals surface area contributed by atoms with Gasteiger partial charge in [0.05, 0.1) is 52.9 Å². The average Bonchev–Trinajstić information content (AvgIpc) is 3.42. The average molecular weight is 1120 g/mol. The molecule has 0 radical (unpaired) electrons. The van der Waals surface area contributed by atoms with Crippen LogP contribution in [-0.4, -0.2) is 151 Å². The zero-order valence-electron chi connectivity index (χ0n) is 50.7. The van der Waals surface area contributed by atoms with Gasteiger partial charge in [-0.1, -0.05) is 182 Å². The van der Waals surface area contributed by atoms with Gasteiger partial charge in [0, 0.05) is 97.3 Å². The molecule has 0 aliphatic carbocycles. The van der Waals surface area contributed by atoms with Gasteiger partial charge in [0.2, 0.25) is 41.4 Å². The molecule has 79 heavy (non-hydrogen) atoms. The SMILES string of the molecule is CCCCCCCCCCCCCCCC(=O)NCCOCCC(=O)NCCOCCC(=O)NCCN(CCNC(=O)CCOCCNC(=O)CCOCCNC(=O)CCCCCCCCCCCCCCC)C(=O)CC(C)C. The topological polar surface area (TPSA) is 232 Å². The Kier molecular flexibility index (Phi) is 55.9. The summed E-state index contributed by atoms with van der Waals surface area (Å²) in [7, 11) is 0. The molecule has 0 fully saturated rings. The summed E-state index contributed by atoms with van der Waals surface area (Å²) >= 11 is 0. The molecule has 0 aliphatic rings. The Morgan fingerprint density at radius 2 is 0.532 bits per heavy atom. The Balaban J connectivity index is 3.85. The summed E-state index contributed by atoms with van der Waals surface area (Å²) in [6, 6.07) is 0. The van der Waals surface area contributed by atoms with Crippen molar-refractivity contribution in [1.29, 1.82) is 0 Å². The lowest BCUT2D eigenvalue weighted by Crippen LogP contribution is -2.43. The summed E-state index contributed by atoms with van der Waals surface area (Å²) in [5.41, 5.74) is 0. The molecule has 0 aliphatic heterocycles. The van der Waals surface area contributed by atoms with Crippen LogP contribution in [0.4, 0.5) is 0 Å². The van der Waals surface area contributed by atoms with E-state index in [1.54, 1.807) is 4.90 Å². The number of carbonyl (C=O) groups is 7. The first kappa shape index (κ1) is 75.1. The second-order valence-corrected chi connectivity index (χ2v) is 21.5. The number of hydrogen-bond acceptors (Lipinski definition) is 11. The third-order valence-electron chi connectivity index (χ3n) is 13.5.